The van der Waals surface area contributed by atoms with Crippen LogP contribution in [0.15, 0.2) is 0 Å². The smallest absolute Gasteiger partial charge is 0.100 e. The second-order valence-electron chi connectivity index (χ2n) is 5.31. The molecule has 2 fully saturated rings. The second-order valence-corrected chi connectivity index (χ2v) is 5.31. The van der Waals surface area contributed by atoms with Crippen molar-refractivity contribution in [1.29, 1.82) is 0 Å². The Balaban J connectivity index is 2.30. The number of ether oxygens (including phenoxy) is 1. The molecule has 12 heavy (non-hydrogen) atoms. The van der Waals surface area contributed by atoms with Gasteiger partial charge in [0.2, 0.25) is 0 Å². The van der Waals surface area contributed by atoms with Crippen LogP contribution in [0.3, 0.4) is 0 Å². The SMILES string of the molecule is CC1(C)C[C@H](O)C[C@@]2(C)O[C@@]12C. The quantitative estimate of drug-likeness (QED) is 0.561. The van der Waals surface area contributed by atoms with Crippen molar-refractivity contribution in [3.63, 3.8) is 0 Å². The zero-order valence-electron chi connectivity index (χ0n) is 8.35. The number of epoxide rings is 1. The third-order valence-corrected chi connectivity index (χ3v) is 4.06. The summed E-state index contributed by atoms with van der Waals surface area (Å²) in [5.74, 6) is 0. The zero-order valence-corrected chi connectivity index (χ0v) is 8.35. The summed E-state index contributed by atoms with van der Waals surface area (Å²) in [7, 11) is 0. The van der Waals surface area contributed by atoms with E-state index in [-0.39, 0.29) is 22.7 Å². The van der Waals surface area contributed by atoms with Gasteiger partial charge in [-0.1, -0.05) is 13.8 Å². The van der Waals surface area contributed by atoms with Gasteiger partial charge in [-0.2, -0.15) is 0 Å². The Morgan fingerprint density at radius 2 is 1.75 bits per heavy atom. The van der Waals surface area contributed by atoms with Gasteiger partial charge in [0.05, 0.1) is 11.7 Å². The molecule has 2 rings (SSSR count). The third kappa shape index (κ3) is 0.775. The molecule has 0 amide bonds. The minimum absolute atomic E-state index is 0.000764. The Labute approximate surface area is 73.9 Å². The van der Waals surface area contributed by atoms with Gasteiger partial charge in [-0.05, 0) is 25.7 Å². The lowest BCUT2D eigenvalue weighted by atomic mass is 9.64. The highest BCUT2D eigenvalue weighted by Gasteiger charge is 2.72. The molecule has 1 N–H and O–H groups in total. The molecule has 0 aromatic carbocycles. The van der Waals surface area contributed by atoms with Crippen LogP contribution in [0.2, 0.25) is 0 Å². The minimum Gasteiger partial charge on any atom is -0.393 e. The highest BCUT2D eigenvalue weighted by atomic mass is 16.6. The molecule has 70 valence electrons. The standard InChI is InChI=1S/C10H18O2/c1-8(2)5-7(11)6-9(3)10(8,4)12-9/h7,11H,5-6H2,1-4H3/t7-,9+,10-/m0/s1. The van der Waals surface area contributed by atoms with E-state index in [9.17, 15) is 5.11 Å². The van der Waals surface area contributed by atoms with Crippen LogP contribution in [0.25, 0.3) is 0 Å². The monoisotopic (exact) mass is 170 g/mol. The zero-order chi connectivity index (χ0) is 9.20. The molecule has 1 saturated heterocycles. The molecule has 2 heteroatoms. The van der Waals surface area contributed by atoms with Crippen LogP contribution in [0, 0.1) is 5.41 Å². The van der Waals surface area contributed by atoms with Crippen molar-refractivity contribution in [2.75, 3.05) is 0 Å². The Hall–Kier alpha value is -0.0800. The highest BCUT2D eigenvalue weighted by Crippen LogP contribution is 2.64. The van der Waals surface area contributed by atoms with Gasteiger partial charge in [-0.25, -0.2) is 0 Å². The molecule has 0 aromatic heterocycles. The molecule has 0 bridgehead atoms. The van der Waals surface area contributed by atoms with Gasteiger partial charge in [-0.3, -0.25) is 0 Å². The topological polar surface area (TPSA) is 32.8 Å². The van der Waals surface area contributed by atoms with E-state index < -0.39 is 0 Å². The molecule has 3 atom stereocenters. The van der Waals surface area contributed by atoms with E-state index in [1.165, 1.54) is 0 Å². The van der Waals surface area contributed by atoms with Gasteiger partial charge in [0.25, 0.3) is 0 Å². The summed E-state index contributed by atoms with van der Waals surface area (Å²) in [6, 6.07) is 0. The summed E-state index contributed by atoms with van der Waals surface area (Å²) >= 11 is 0. The van der Waals surface area contributed by atoms with Gasteiger partial charge < -0.3 is 9.84 Å². The predicted octanol–water partition coefficient (Wildman–Crippen LogP) is 1.71. The van der Waals surface area contributed by atoms with Crippen molar-refractivity contribution < 1.29 is 9.84 Å². The van der Waals surface area contributed by atoms with Crippen LogP contribution in [-0.2, 0) is 4.74 Å². The third-order valence-electron chi connectivity index (χ3n) is 4.06. The number of hydrogen-bond donors (Lipinski definition) is 1. The van der Waals surface area contributed by atoms with Gasteiger partial charge in [-0.15, -0.1) is 0 Å². The first kappa shape index (κ1) is 8.52. The predicted molar refractivity (Wildman–Crippen MR) is 46.9 cm³/mol. The molecular weight excluding hydrogens is 152 g/mol. The van der Waals surface area contributed by atoms with Gasteiger partial charge in [0, 0.05) is 6.42 Å². The number of hydrogen-bond acceptors (Lipinski definition) is 2. The van der Waals surface area contributed by atoms with E-state index in [0.717, 1.165) is 12.8 Å². The fourth-order valence-corrected chi connectivity index (χ4v) is 2.82. The van der Waals surface area contributed by atoms with Crippen LogP contribution in [0.4, 0.5) is 0 Å². The maximum atomic E-state index is 9.64. The lowest BCUT2D eigenvalue weighted by Crippen LogP contribution is -2.45. The van der Waals surface area contributed by atoms with E-state index >= 15 is 0 Å². The highest BCUT2D eigenvalue weighted by molar-refractivity contribution is 5.21. The van der Waals surface area contributed by atoms with E-state index in [0.29, 0.717) is 0 Å². The van der Waals surface area contributed by atoms with E-state index in [2.05, 4.69) is 27.7 Å². The van der Waals surface area contributed by atoms with Crippen molar-refractivity contribution >= 4 is 0 Å². The number of fused-ring (bicyclic) bond motifs is 1. The molecule has 0 radical (unpaired) electrons. The second kappa shape index (κ2) is 1.88. The first-order valence-corrected chi connectivity index (χ1v) is 4.69. The minimum atomic E-state index is -0.180. The Kier molecular flexibility index (Phi) is 1.33. The van der Waals surface area contributed by atoms with E-state index in [1.807, 2.05) is 0 Å². The Morgan fingerprint density at radius 3 is 2.25 bits per heavy atom. The normalized spacial score (nSPS) is 56.2. The maximum Gasteiger partial charge on any atom is 0.100 e. The number of aliphatic hydroxyl groups excluding tert-OH is 1. The van der Waals surface area contributed by atoms with Crippen LogP contribution >= 0.6 is 0 Å². The largest absolute Gasteiger partial charge is 0.393 e. The van der Waals surface area contributed by atoms with Crippen LogP contribution in [0.1, 0.15) is 40.5 Å². The molecule has 0 spiro atoms. The average Bonchev–Trinajstić information content (AvgIpc) is 2.32. The lowest BCUT2D eigenvalue weighted by Gasteiger charge is -2.38. The average molecular weight is 170 g/mol. The first-order chi connectivity index (χ1) is 5.31. The molecule has 1 aliphatic carbocycles. The summed E-state index contributed by atoms with van der Waals surface area (Å²) < 4.78 is 5.78. The molecular formula is C10H18O2. The van der Waals surface area contributed by atoms with Gasteiger partial charge >= 0.3 is 0 Å². The molecule has 1 heterocycles. The summed E-state index contributed by atoms with van der Waals surface area (Å²) in [5, 5.41) is 9.64. The van der Waals surface area contributed by atoms with E-state index in [4.69, 9.17) is 4.74 Å². The van der Waals surface area contributed by atoms with Crippen molar-refractivity contribution in [3.05, 3.63) is 0 Å². The number of aliphatic hydroxyl groups is 1. The summed E-state index contributed by atoms with van der Waals surface area (Å²) in [6.07, 6.45) is 1.48. The van der Waals surface area contributed by atoms with Crippen LogP contribution < -0.4 is 0 Å². The van der Waals surface area contributed by atoms with Crippen LogP contribution in [0.5, 0.6) is 0 Å². The summed E-state index contributed by atoms with van der Waals surface area (Å²) in [4.78, 5) is 0. The molecule has 2 nitrogen and oxygen atoms in total. The molecule has 0 aromatic rings. The molecule has 0 unspecified atom stereocenters. The lowest BCUT2D eigenvalue weighted by molar-refractivity contribution is 0.0421. The Morgan fingerprint density at radius 1 is 1.17 bits per heavy atom. The fourth-order valence-electron chi connectivity index (χ4n) is 2.82. The molecule has 1 saturated carbocycles. The van der Waals surface area contributed by atoms with E-state index in [1.54, 1.807) is 0 Å². The summed E-state index contributed by atoms with van der Waals surface area (Å²) in [6.45, 7) is 8.64. The van der Waals surface area contributed by atoms with Crippen LogP contribution in [-0.4, -0.2) is 22.4 Å². The van der Waals surface area contributed by atoms with Gasteiger partial charge in [0.1, 0.15) is 5.60 Å². The Bertz CT molecular complexity index is 224. The van der Waals surface area contributed by atoms with Gasteiger partial charge in [0.15, 0.2) is 0 Å². The van der Waals surface area contributed by atoms with Crippen molar-refractivity contribution in [3.8, 4) is 0 Å². The molecule has 2 aliphatic rings. The summed E-state index contributed by atoms with van der Waals surface area (Å²) in [5.41, 5.74) is 0.0484. The van der Waals surface area contributed by atoms with Crippen molar-refractivity contribution in [1.82, 2.24) is 0 Å². The maximum absolute atomic E-state index is 9.64. The van der Waals surface area contributed by atoms with Crippen molar-refractivity contribution in [2.24, 2.45) is 5.41 Å². The fraction of sp³-hybridized carbons (Fsp3) is 1.00. The number of rotatable bonds is 0. The molecule has 1 aliphatic heterocycles. The van der Waals surface area contributed by atoms with Crippen molar-refractivity contribution in [2.45, 2.75) is 57.8 Å². The first-order valence-electron chi connectivity index (χ1n) is 4.69.